The fourth-order valence-electron chi connectivity index (χ4n) is 3.78. The Labute approximate surface area is 193 Å². The van der Waals surface area contributed by atoms with E-state index in [1.165, 1.54) is 0 Å². The van der Waals surface area contributed by atoms with Crippen molar-refractivity contribution in [2.24, 2.45) is 0 Å². The van der Waals surface area contributed by atoms with Gasteiger partial charge in [0.05, 0.1) is 5.56 Å². The second-order valence-corrected chi connectivity index (χ2v) is 7.99. The van der Waals surface area contributed by atoms with Crippen LogP contribution >= 0.6 is 0 Å². The fraction of sp³-hybridized carbons (Fsp3) is 0.231. The molecule has 170 valence electrons. The van der Waals surface area contributed by atoms with E-state index in [1.54, 1.807) is 12.1 Å². The Bertz CT molecular complexity index is 1070. The smallest absolute Gasteiger partial charge is 0.335 e. The summed E-state index contributed by atoms with van der Waals surface area (Å²) in [5, 5.41) is 12.0. The molecule has 0 saturated carbocycles. The first-order chi connectivity index (χ1) is 16.1. The topological polar surface area (TPSA) is 82.1 Å². The number of ether oxygens (including phenoxy) is 1. The number of carboxylic acid groups (broad SMARTS) is 1. The van der Waals surface area contributed by atoms with Gasteiger partial charge >= 0.3 is 12.0 Å². The summed E-state index contributed by atoms with van der Waals surface area (Å²) < 4.78 is 5.79. The Kier molecular flexibility index (Phi) is 7.22. The number of hydrogen-bond donors (Lipinski definition) is 2. The number of rotatable bonds is 6. The van der Waals surface area contributed by atoms with E-state index in [0.29, 0.717) is 18.8 Å². The van der Waals surface area contributed by atoms with E-state index in [-0.39, 0.29) is 11.6 Å². The standard InChI is InChI=1S/C26H27N3O4/c30-25(31)21-9-7-20(8-10-21)19-28-15-4-16-29(18-17-28)26(32)27-22-11-13-24(14-12-22)33-23-5-2-1-3-6-23/h1-3,5-14H,4,15-19H2,(H,27,32)(H,30,31). The average Bonchev–Trinajstić information content (AvgIpc) is 3.07. The molecule has 3 aromatic rings. The molecular weight excluding hydrogens is 418 g/mol. The number of anilines is 1. The molecule has 1 aliphatic heterocycles. The maximum atomic E-state index is 12.8. The van der Waals surface area contributed by atoms with E-state index < -0.39 is 5.97 Å². The normalized spacial score (nSPS) is 14.4. The summed E-state index contributed by atoms with van der Waals surface area (Å²) in [5.74, 6) is 0.554. The van der Waals surface area contributed by atoms with E-state index >= 15 is 0 Å². The first-order valence-electron chi connectivity index (χ1n) is 11.0. The van der Waals surface area contributed by atoms with Gasteiger partial charge in [0.1, 0.15) is 11.5 Å². The predicted molar refractivity (Wildman–Crippen MR) is 127 cm³/mol. The minimum Gasteiger partial charge on any atom is -0.478 e. The Balaban J connectivity index is 1.27. The molecule has 1 aliphatic rings. The molecular formula is C26H27N3O4. The van der Waals surface area contributed by atoms with Crippen LogP contribution in [0.3, 0.4) is 0 Å². The van der Waals surface area contributed by atoms with Crippen LogP contribution in [-0.4, -0.2) is 53.1 Å². The largest absolute Gasteiger partial charge is 0.478 e. The van der Waals surface area contributed by atoms with Gasteiger partial charge in [-0.1, -0.05) is 30.3 Å². The lowest BCUT2D eigenvalue weighted by molar-refractivity contribution is 0.0697. The Morgan fingerprint density at radius 3 is 2.21 bits per heavy atom. The lowest BCUT2D eigenvalue weighted by Crippen LogP contribution is -2.38. The molecule has 0 bridgehead atoms. The molecule has 0 aliphatic carbocycles. The molecule has 33 heavy (non-hydrogen) atoms. The highest BCUT2D eigenvalue weighted by molar-refractivity contribution is 5.89. The number of carbonyl (C=O) groups is 2. The van der Waals surface area contributed by atoms with Gasteiger partial charge in [-0.25, -0.2) is 9.59 Å². The Morgan fingerprint density at radius 1 is 0.818 bits per heavy atom. The minimum absolute atomic E-state index is 0.112. The summed E-state index contributed by atoms with van der Waals surface area (Å²) in [7, 11) is 0. The van der Waals surface area contributed by atoms with Crippen molar-refractivity contribution in [3.05, 3.63) is 90.0 Å². The molecule has 1 heterocycles. The second-order valence-electron chi connectivity index (χ2n) is 7.99. The van der Waals surface area contributed by atoms with Gasteiger partial charge in [-0.3, -0.25) is 4.90 Å². The molecule has 3 aromatic carbocycles. The first kappa shape index (κ1) is 22.4. The molecule has 2 amide bonds. The highest BCUT2D eigenvalue weighted by Crippen LogP contribution is 2.23. The molecule has 0 spiro atoms. The molecule has 0 aromatic heterocycles. The number of aromatic carboxylic acids is 1. The van der Waals surface area contributed by atoms with Crippen LogP contribution in [0.2, 0.25) is 0 Å². The van der Waals surface area contributed by atoms with E-state index in [9.17, 15) is 9.59 Å². The Morgan fingerprint density at radius 2 is 1.52 bits per heavy atom. The molecule has 1 saturated heterocycles. The third-order valence-corrected chi connectivity index (χ3v) is 5.57. The Hall–Kier alpha value is -3.84. The lowest BCUT2D eigenvalue weighted by atomic mass is 10.1. The maximum Gasteiger partial charge on any atom is 0.335 e. The van der Waals surface area contributed by atoms with Crippen LogP contribution in [-0.2, 0) is 6.54 Å². The van der Waals surface area contributed by atoms with Gasteiger partial charge in [0.25, 0.3) is 0 Å². The van der Waals surface area contributed by atoms with Crippen LogP contribution in [0.25, 0.3) is 0 Å². The van der Waals surface area contributed by atoms with Crippen LogP contribution in [0.4, 0.5) is 10.5 Å². The van der Waals surface area contributed by atoms with Gasteiger partial charge in [0, 0.05) is 38.4 Å². The van der Waals surface area contributed by atoms with Gasteiger partial charge < -0.3 is 20.1 Å². The summed E-state index contributed by atoms with van der Waals surface area (Å²) in [5.41, 5.74) is 2.08. The number of para-hydroxylation sites is 1. The van der Waals surface area contributed by atoms with Crippen molar-refractivity contribution in [1.29, 1.82) is 0 Å². The lowest BCUT2D eigenvalue weighted by Gasteiger charge is -2.22. The quantitative estimate of drug-likeness (QED) is 0.563. The van der Waals surface area contributed by atoms with E-state index in [0.717, 1.165) is 43.1 Å². The zero-order valence-corrected chi connectivity index (χ0v) is 18.3. The van der Waals surface area contributed by atoms with Crippen LogP contribution in [0.15, 0.2) is 78.9 Å². The van der Waals surface area contributed by atoms with Crippen LogP contribution in [0.5, 0.6) is 11.5 Å². The molecule has 0 atom stereocenters. The van der Waals surface area contributed by atoms with Crippen molar-refractivity contribution in [3.63, 3.8) is 0 Å². The molecule has 0 radical (unpaired) electrons. The summed E-state index contributed by atoms with van der Waals surface area (Å²) in [6, 6.07) is 23.7. The summed E-state index contributed by atoms with van der Waals surface area (Å²) >= 11 is 0. The van der Waals surface area contributed by atoms with Crippen molar-refractivity contribution in [1.82, 2.24) is 9.80 Å². The first-order valence-corrected chi connectivity index (χ1v) is 11.0. The van der Waals surface area contributed by atoms with Crippen molar-refractivity contribution in [2.45, 2.75) is 13.0 Å². The van der Waals surface area contributed by atoms with E-state index in [1.807, 2.05) is 71.6 Å². The highest BCUT2D eigenvalue weighted by Gasteiger charge is 2.19. The van der Waals surface area contributed by atoms with E-state index in [2.05, 4.69) is 10.2 Å². The van der Waals surface area contributed by atoms with Crippen LogP contribution in [0, 0.1) is 0 Å². The highest BCUT2D eigenvalue weighted by atomic mass is 16.5. The zero-order valence-electron chi connectivity index (χ0n) is 18.3. The second kappa shape index (κ2) is 10.7. The van der Waals surface area contributed by atoms with Gasteiger partial charge in [-0.05, 0) is 60.5 Å². The SMILES string of the molecule is O=C(O)c1ccc(CN2CCCN(C(=O)Nc3ccc(Oc4ccccc4)cc3)CC2)cc1. The number of nitrogens with one attached hydrogen (secondary N) is 1. The van der Waals surface area contributed by atoms with E-state index in [4.69, 9.17) is 9.84 Å². The number of nitrogens with zero attached hydrogens (tertiary/aromatic N) is 2. The third-order valence-electron chi connectivity index (χ3n) is 5.57. The molecule has 7 nitrogen and oxygen atoms in total. The number of carboxylic acids is 1. The maximum absolute atomic E-state index is 12.8. The molecule has 4 rings (SSSR count). The van der Waals surface area contributed by atoms with Crippen molar-refractivity contribution < 1.29 is 19.4 Å². The minimum atomic E-state index is -0.920. The summed E-state index contributed by atoms with van der Waals surface area (Å²) in [6.45, 7) is 3.70. The number of amides is 2. The van der Waals surface area contributed by atoms with Gasteiger partial charge in [0.15, 0.2) is 0 Å². The number of benzene rings is 3. The fourth-order valence-corrected chi connectivity index (χ4v) is 3.78. The van der Waals surface area contributed by atoms with Crippen LogP contribution < -0.4 is 10.1 Å². The van der Waals surface area contributed by atoms with Gasteiger partial charge in [0.2, 0.25) is 0 Å². The van der Waals surface area contributed by atoms with Crippen molar-refractivity contribution in [3.8, 4) is 11.5 Å². The van der Waals surface area contributed by atoms with Gasteiger partial charge in [-0.15, -0.1) is 0 Å². The summed E-state index contributed by atoms with van der Waals surface area (Å²) in [4.78, 5) is 27.9. The predicted octanol–water partition coefficient (Wildman–Crippen LogP) is 4.92. The average molecular weight is 446 g/mol. The van der Waals surface area contributed by atoms with Gasteiger partial charge in [-0.2, -0.15) is 0 Å². The van der Waals surface area contributed by atoms with Crippen molar-refractivity contribution in [2.75, 3.05) is 31.5 Å². The third kappa shape index (κ3) is 6.33. The van der Waals surface area contributed by atoms with Crippen molar-refractivity contribution >= 4 is 17.7 Å². The molecule has 2 N–H and O–H groups in total. The number of hydrogen-bond acceptors (Lipinski definition) is 4. The molecule has 1 fully saturated rings. The van der Waals surface area contributed by atoms with Crippen LogP contribution in [0.1, 0.15) is 22.3 Å². The zero-order chi connectivity index (χ0) is 23.0. The number of carbonyl (C=O) groups excluding carboxylic acids is 1. The monoisotopic (exact) mass is 445 g/mol. The summed E-state index contributed by atoms with van der Waals surface area (Å²) in [6.07, 6.45) is 0.879. The molecule has 7 heteroatoms. The molecule has 0 unspecified atom stereocenters. The number of urea groups is 1.